The van der Waals surface area contributed by atoms with Crippen LogP contribution in [0.2, 0.25) is 5.02 Å². The molecule has 1 unspecified atom stereocenters. The summed E-state index contributed by atoms with van der Waals surface area (Å²) in [6.07, 6.45) is -0.711. The van der Waals surface area contributed by atoms with Crippen molar-refractivity contribution in [3.8, 4) is 5.75 Å². The van der Waals surface area contributed by atoms with Gasteiger partial charge in [0.25, 0.3) is 0 Å². The van der Waals surface area contributed by atoms with Crippen LogP contribution in [0.3, 0.4) is 0 Å². The normalized spacial score (nSPS) is 11.9. The Kier molecular flexibility index (Phi) is 4.52. The number of aliphatic carboxylic acids is 1. The van der Waals surface area contributed by atoms with Crippen molar-refractivity contribution in [3.05, 3.63) is 28.8 Å². The number of Topliss-reactive ketones (excluding diaryl/α,β-unsaturated/α-hetero) is 1. The molecule has 1 atom stereocenters. The maximum absolute atomic E-state index is 11.7. The van der Waals surface area contributed by atoms with Gasteiger partial charge in [-0.25, -0.2) is 4.79 Å². The summed E-state index contributed by atoms with van der Waals surface area (Å²) in [6.45, 7) is 3.12. The molecule has 17 heavy (non-hydrogen) atoms. The SMILES string of the molecule is CCC(=O)c1cc(Cl)ccc1OC(C)C(=O)O. The second-order valence-electron chi connectivity index (χ2n) is 3.52. The Morgan fingerprint density at radius 1 is 1.47 bits per heavy atom. The van der Waals surface area contributed by atoms with E-state index >= 15 is 0 Å². The van der Waals surface area contributed by atoms with Crippen molar-refractivity contribution in [2.45, 2.75) is 26.4 Å². The van der Waals surface area contributed by atoms with Gasteiger partial charge >= 0.3 is 5.97 Å². The molecule has 0 spiro atoms. The first-order chi connectivity index (χ1) is 7.95. The Hall–Kier alpha value is -1.55. The van der Waals surface area contributed by atoms with Gasteiger partial charge in [-0.2, -0.15) is 0 Å². The molecule has 1 aromatic carbocycles. The third-order valence-corrected chi connectivity index (χ3v) is 2.45. The maximum atomic E-state index is 11.7. The molecule has 0 aliphatic carbocycles. The van der Waals surface area contributed by atoms with Gasteiger partial charge in [-0.3, -0.25) is 4.79 Å². The smallest absolute Gasteiger partial charge is 0.344 e. The lowest BCUT2D eigenvalue weighted by molar-refractivity contribution is -0.144. The lowest BCUT2D eigenvalue weighted by Gasteiger charge is -2.13. The van der Waals surface area contributed by atoms with E-state index in [1.54, 1.807) is 13.0 Å². The van der Waals surface area contributed by atoms with Crippen LogP contribution in [-0.4, -0.2) is 23.0 Å². The average Bonchev–Trinajstić information content (AvgIpc) is 2.30. The van der Waals surface area contributed by atoms with Crippen LogP contribution in [0, 0.1) is 0 Å². The van der Waals surface area contributed by atoms with E-state index in [-0.39, 0.29) is 11.5 Å². The van der Waals surface area contributed by atoms with Crippen LogP contribution < -0.4 is 4.74 Å². The summed E-state index contributed by atoms with van der Waals surface area (Å²) in [5.41, 5.74) is 0.313. The van der Waals surface area contributed by atoms with Crippen LogP contribution in [0.4, 0.5) is 0 Å². The molecule has 0 aliphatic heterocycles. The molecule has 0 radical (unpaired) electrons. The summed E-state index contributed by atoms with van der Waals surface area (Å²) in [4.78, 5) is 22.3. The first-order valence-electron chi connectivity index (χ1n) is 5.18. The van der Waals surface area contributed by atoms with Crippen molar-refractivity contribution in [1.29, 1.82) is 0 Å². The summed E-state index contributed by atoms with van der Waals surface area (Å²) in [6, 6.07) is 4.54. The maximum Gasteiger partial charge on any atom is 0.344 e. The molecule has 0 aromatic heterocycles. The van der Waals surface area contributed by atoms with E-state index in [0.29, 0.717) is 17.0 Å². The molecule has 0 bridgehead atoms. The van der Waals surface area contributed by atoms with Crippen molar-refractivity contribution < 1.29 is 19.4 Å². The van der Waals surface area contributed by atoms with Gasteiger partial charge in [0.1, 0.15) is 5.75 Å². The Morgan fingerprint density at radius 2 is 2.12 bits per heavy atom. The van der Waals surface area contributed by atoms with Gasteiger partial charge < -0.3 is 9.84 Å². The molecule has 0 heterocycles. The van der Waals surface area contributed by atoms with Gasteiger partial charge in [-0.05, 0) is 25.1 Å². The number of ether oxygens (including phenoxy) is 1. The quantitative estimate of drug-likeness (QED) is 0.823. The third-order valence-electron chi connectivity index (χ3n) is 2.21. The largest absolute Gasteiger partial charge is 0.479 e. The van der Waals surface area contributed by atoms with E-state index < -0.39 is 12.1 Å². The van der Waals surface area contributed by atoms with Crippen LogP contribution in [0.15, 0.2) is 18.2 Å². The third kappa shape index (κ3) is 3.46. The number of halogens is 1. The number of hydrogen-bond acceptors (Lipinski definition) is 3. The van der Waals surface area contributed by atoms with Crippen LogP contribution >= 0.6 is 11.6 Å². The molecular weight excluding hydrogens is 244 g/mol. The van der Waals surface area contributed by atoms with Gasteiger partial charge in [0.05, 0.1) is 5.56 Å². The van der Waals surface area contributed by atoms with Crippen molar-refractivity contribution in [1.82, 2.24) is 0 Å². The standard InChI is InChI=1S/C12H13ClO4/c1-3-10(14)9-6-8(13)4-5-11(9)17-7(2)12(15)16/h4-7H,3H2,1-2H3,(H,15,16). The number of carbonyl (C=O) groups is 2. The number of ketones is 1. The highest BCUT2D eigenvalue weighted by atomic mass is 35.5. The van der Waals surface area contributed by atoms with Crippen molar-refractivity contribution in [2.24, 2.45) is 0 Å². The van der Waals surface area contributed by atoms with Crippen LogP contribution in [0.5, 0.6) is 5.75 Å². The van der Waals surface area contributed by atoms with Gasteiger partial charge in [0.15, 0.2) is 11.9 Å². The fraction of sp³-hybridized carbons (Fsp3) is 0.333. The molecule has 0 fully saturated rings. The van der Waals surface area contributed by atoms with Crippen molar-refractivity contribution >= 4 is 23.4 Å². The van der Waals surface area contributed by atoms with Crippen LogP contribution in [-0.2, 0) is 4.79 Å². The molecule has 1 aromatic rings. The van der Waals surface area contributed by atoms with Gasteiger partial charge in [-0.15, -0.1) is 0 Å². The monoisotopic (exact) mass is 256 g/mol. The first-order valence-corrected chi connectivity index (χ1v) is 5.55. The van der Waals surface area contributed by atoms with Crippen molar-refractivity contribution in [3.63, 3.8) is 0 Å². The minimum Gasteiger partial charge on any atom is -0.479 e. The molecule has 0 amide bonds. The molecule has 0 saturated carbocycles. The topological polar surface area (TPSA) is 63.6 Å². The number of carboxylic acid groups (broad SMARTS) is 1. The zero-order valence-corrected chi connectivity index (χ0v) is 10.3. The van der Waals surface area contributed by atoms with Gasteiger partial charge in [0, 0.05) is 11.4 Å². The summed E-state index contributed by atoms with van der Waals surface area (Å²) < 4.78 is 5.21. The Labute approximate surface area is 104 Å². The number of carbonyl (C=O) groups excluding carboxylic acids is 1. The van der Waals surface area contributed by atoms with E-state index in [9.17, 15) is 9.59 Å². The molecule has 0 saturated heterocycles. The highest BCUT2D eigenvalue weighted by Crippen LogP contribution is 2.25. The minimum atomic E-state index is -1.09. The number of hydrogen-bond donors (Lipinski definition) is 1. The van der Waals surface area contributed by atoms with Gasteiger partial charge in [0.2, 0.25) is 0 Å². The molecule has 5 heteroatoms. The molecule has 1 rings (SSSR count). The molecule has 4 nitrogen and oxygen atoms in total. The Balaban J connectivity index is 3.06. The molecular formula is C12H13ClO4. The lowest BCUT2D eigenvalue weighted by Crippen LogP contribution is -2.23. The number of rotatable bonds is 5. The summed E-state index contributed by atoms with van der Waals surface area (Å²) in [5.74, 6) is -0.980. The second kappa shape index (κ2) is 5.68. The minimum absolute atomic E-state index is 0.139. The summed E-state index contributed by atoms with van der Waals surface area (Å²) >= 11 is 5.79. The summed E-state index contributed by atoms with van der Waals surface area (Å²) in [7, 11) is 0. The van der Waals surface area contributed by atoms with Crippen molar-refractivity contribution in [2.75, 3.05) is 0 Å². The fourth-order valence-electron chi connectivity index (χ4n) is 1.25. The Bertz CT molecular complexity index is 442. The van der Waals surface area contributed by atoms with E-state index in [0.717, 1.165) is 0 Å². The van der Waals surface area contributed by atoms with E-state index in [1.807, 2.05) is 0 Å². The number of carboxylic acids is 1. The van der Waals surface area contributed by atoms with E-state index in [1.165, 1.54) is 19.1 Å². The predicted molar refractivity (Wildman–Crippen MR) is 63.8 cm³/mol. The van der Waals surface area contributed by atoms with E-state index in [4.69, 9.17) is 21.4 Å². The zero-order valence-electron chi connectivity index (χ0n) is 9.57. The van der Waals surface area contributed by atoms with Crippen LogP contribution in [0.25, 0.3) is 0 Å². The van der Waals surface area contributed by atoms with Gasteiger partial charge in [-0.1, -0.05) is 18.5 Å². The molecule has 1 N–H and O–H groups in total. The summed E-state index contributed by atoms with van der Waals surface area (Å²) in [5, 5.41) is 9.16. The zero-order chi connectivity index (χ0) is 13.0. The Morgan fingerprint density at radius 3 is 2.65 bits per heavy atom. The van der Waals surface area contributed by atoms with E-state index in [2.05, 4.69) is 0 Å². The first kappa shape index (κ1) is 13.5. The van der Waals surface area contributed by atoms with Crippen LogP contribution in [0.1, 0.15) is 30.6 Å². The second-order valence-corrected chi connectivity index (χ2v) is 3.95. The highest BCUT2D eigenvalue weighted by Gasteiger charge is 2.17. The lowest BCUT2D eigenvalue weighted by atomic mass is 10.1. The highest BCUT2D eigenvalue weighted by molar-refractivity contribution is 6.31. The fourth-order valence-corrected chi connectivity index (χ4v) is 1.43. The molecule has 0 aliphatic rings. The predicted octanol–water partition coefficient (Wildman–Crippen LogP) is 2.78. The molecule has 92 valence electrons. The average molecular weight is 257 g/mol. The number of benzene rings is 1.